The first-order chi connectivity index (χ1) is 6.29. The molecule has 1 N–H and O–H groups in total. The van der Waals surface area contributed by atoms with Crippen molar-refractivity contribution in [2.45, 2.75) is 5.75 Å². The van der Waals surface area contributed by atoms with E-state index in [0.29, 0.717) is 0 Å². The van der Waals surface area contributed by atoms with Gasteiger partial charge in [-0.3, -0.25) is 0 Å². The number of hydrogen-bond acceptors (Lipinski definition) is 2. The van der Waals surface area contributed by atoms with Gasteiger partial charge in [0.25, 0.3) is 0 Å². The molecule has 68 valence electrons. The fraction of sp³-hybridized carbons (Fsp3) is 0.125. The molecule has 5 heteroatoms. The standard InChI is InChI=1S/C8H8NO2PS/c10-12(11)9-7-13-6-8-4-2-1-3-5-8/h1-5,7H,6H2/p+1. The number of benzene rings is 1. The minimum absolute atomic E-state index is 0.771. The summed E-state index contributed by atoms with van der Waals surface area (Å²) in [4.78, 5) is 8.35. The van der Waals surface area contributed by atoms with Crippen LogP contribution in [0.4, 0.5) is 0 Å². The zero-order chi connectivity index (χ0) is 9.52. The molecule has 1 aromatic carbocycles. The number of hydrogen-bond donors (Lipinski definition) is 1. The maximum absolute atomic E-state index is 10.1. The fourth-order valence-electron chi connectivity index (χ4n) is 0.781. The highest BCUT2D eigenvalue weighted by Crippen LogP contribution is 2.16. The van der Waals surface area contributed by atoms with Gasteiger partial charge in [0.2, 0.25) is 0 Å². The van der Waals surface area contributed by atoms with Gasteiger partial charge in [-0.1, -0.05) is 30.3 Å². The molecule has 1 rings (SSSR count). The molecule has 0 aliphatic heterocycles. The minimum Gasteiger partial charge on any atom is -0.138 e. The Morgan fingerprint density at radius 1 is 1.46 bits per heavy atom. The molecule has 0 aromatic heterocycles. The fourth-order valence-corrected chi connectivity index (χ4v) is 1.83. The zero-order valence-corrected chi connectivity index (χ0v) is 8.54. The van der Waals surface area contributed by atoms with Crippen molar-refractivity contribution < 1.29 is 9.46 Å². The van der Waals surface area contributed by atoms with Crippen LogP contribution in [0.2, 0.25) is 0 Å². The average Bonchev–Trinajstić information content (AvgIpc) is 2.14. The van der Waals surface area contributed by atoms with Crippen molar-refractivity contribution in [1.82, 2.24) is 0 Å². The van der Waals surface area contributed by atoms with Crippen molar-refractivity contribution in [2.24, 2.45) is 4.76 Å². The van der Waals surface area contributed by atoms with Crippen molar-refractivity contribution in [1.29, 1.82) is 0 Å². The van der Waals surface area contributed by atoms with Crippen molar-refractivity contribution in [3.63, 3.8) is 0 Å². The molecule has 0 saturated heterocycles. The van der Waals surface area contributed by atoms with Gasteiger partial charge in [0.05, 0.1) is 0 Å². The Balaban J connectivity index is 2.32. The van der Waals surface area contributed by atoms with Gasteiger partial charge in [-0.2, -0.15) is 0 Å². The van der Waals surface area contributed by atoms with E-state index >= 15 is 0 Å². The molecular formula is C8H9NO2PS+. The summed E-state index contributed by atoms with van der Waals surface area (Å²) in [7, 11) is -2.38. The van der Waals surface area contributed by atoms with Gasteiger partial charge in [-0.15, -0.1) is 16.7 Å². The number of rotatable bonds is 4. The Hall–Kier alpha value is -0.700. The molecule has 1 unspecified atom stereocenters. The van der Waals surface area contributed by atoms with Crippen LogP contribution >= 0.6 is 19.9 Å². The minimum atomic E-state index is -2.38. The van der Waals surface area contributed by atoms with E-state index in [4.69, 9.17) is 4.89 Å². The van der Waals surface area contributed by atoms with Crippen LogP contribution in [0.25, 0.3) is 0 Å². The van der Waals surface area contributed by atoms with Gasteiger partial charge in [-0.05, 0) is 5.56 Å². The Morgan fingerprint density at radius 2 is 2.15 bits per heavy atom. The van der Waals surface area contributed by atoms with E-state index in [-0.39, 0.29) is 0 Å². The van der Waals surface area contributed by atoms with E-state index in [9.17, 15) is 4.57 Å². The quantitative estimate of drug-likeness (QED) is 0.476. The van der Waals surface area contributed by atoms with Crippen molar-refractivity contribution in [3.8, 4) is 0 Å². The summed E-state index contributed by atoms with van der Waals surface area (Å²) in [5.41, 5.74) is 2.58. The third-order valence-electron chi connectivity index (χ3n) is 1.31. The van der Waals surface area contributed by atoms with Crippen LogP contribution in [0, 0.1) is 0 Å². The van der Waals surface area contributed by atoms with Crippen molar-refractivity contribution in [2.75, 3.05) is 0 Å². The molecule has 0 aliphatic carbocycles. The van der Waals surface area contributed by atoms with Crippen LogP contribution in [0.3, 0.4) is 0 Å². The Morgan fingerprint density at radius 3 is 2.77 bits per heavy atom. The first-order valence-corrected chi connectivity index (χ1v) is 5.84. The number of thioether (sulfide) groups is 1. The van der Waals surface area contributed by atoms with Crippen LogP contribution in [0.15, 0.2) is 35.1 Å². The predicted molar refractivity (Wildman–Crippen MR) is 56.1 cm³/mol. The Kier molecular flexibility index (Phi) is 4.68. The van der Waals surface area contributed by atoms with E-state index in [2.05, 4.69) is 4.76 Å². The molecule has 0 fully saturated rings. The topological polar surface area (TPSA) is 49.7 Å². The maximum atomic E-state index is 10.1. The lowest BCUT2D eigenvalue weighted by Gasteiger charge is -1.93. The highest BCUT2D eigenvalue weighted by atomic mass is 32.2. The SMILES string of the molecule is O=[P+](O)N=CSCc1ccccc1. The average molecular weight is 214 g/mol. The van der Waals surface area contributed by atoms with Crippen molar-refractivity contribution in [3.05, 3.63) is 35.9 Å². The third-order valence-corrected chi connectivity index (χ3v) is 2.54. The molecule has 13 heavy (non-hydrogen) atoms. The molecule has 0 spiro atoms. The molecule has 0 bridgehead atoms. The molecule has 1 aromatic rings. The van der Waals surface area contributed by atoms with E-state index in [1.807, 2.05) is 30.3 Å². The van der Waals surface area contributed by atoms with Gasteiger partial charge in [0.1, 0.15) is 5.55 Å². The van der Waals surface area contributed by atoms with Gasteiger partial charge < -0.3 is 0 Å². The summed E-state index contributed by atoms with van der Waals surface area (Å²) >= 11 is 1.40. The summed E-state index contributed by atoms with van der Waals surface area (Å²) in [6.45, 7) is 0. The second-order valence-corrected chi connectivity index (χ2v) is 3.84. The Labute approximate surface area is 81.8 Å². The lowest BCUT2D eigenvalue weighted by Crippen LogP contribution is -1.77. The van der Waals surface area contributed by atoms with Crippen LogP contribution in [-0.2, 0) is 10.3 Å². The number of nitrogens with zero attached hydrogens (tertiary/aromatic N) is 1. The van der Waals surface area contributed by atoms with Gasteiger partial charge in [0.15, 0.2) is 0 Å². The van der Waals surface area contributed by atoms with E-state index in [1.54, 1.807) is 0 Å². The van der Waals surface area contributed by atoms with Gasteiger partial charge >= 0.3 is 8.18 Å². The van der Waals surface area contributed by atoms with Crippen molar-refractivity contribution >= 4 is 25.5 Å². The monoisotopic (exact) mass is 214 g/mol. The summed E-state index contributed by atoms with van der Waals surface area (Å²) < 4.78 is 13.5. The highest BCUT2D eigenvalue weighted by Gasteiger charge is 2.02. The first-order valence-electron chi connectivity index (χ1n) is 3.63. The highest BCUT2D eigenvalue weighted by molar-refractivity contribution is 8.11. The van der Waals surface area contributed by atoms with Crippen LogP contribution in [0.1, 0.15) is 5.56 Å². The molecule has 3 nitrogen and oxygen atoms in total. The van der Waals surface area contributed by atoms with E-state index < -0.39 is 8.18 Å². The smallest absolute Gasteiger partial charge is 0.138 e. The second kappa shape index (κ2) is 5.86. The first kappa shape index (κ1) is 10.4. The normalized spacial score (nSPS) is 11.9. The summed E-state index contributed by atoms with van der Waals surface area (Å²) in [6.07, 6.45) is 0. The molecular weight excluding hydrogens is 205 g/mol. The molecule has 0 amide bonds. The molecule has 0 radical (unpaired) electrons. The lowest BCUT2D eigenvalue weighted by molar-refractivity contribution is 0.505. The molecule has 0 heterocycles. The van der Waals surface area contributed by atoms with Crippen LogP contribution in [-0.4, -0.2) is 10.4 Å². The summed E-state index contributed by atoms with van der Waals surface area (Å²) in [5.74, 6) is 0.771. The third kappa shape index (κ3) is 4.78. The van der Waals surface area contributed by atoms with Gasteiger partial charge in [-0.25, -0.2) is 0 Å². The predicted octanol–water partition coefficient (Wildman–Crippen LogP) is 2.60. The maximum Gasteiger partial charge on any atom is 0.667 e. The second-order valence-electron chi connectivity index (χ2n) is 2.27. The summed E-state index contributed by atoms with van der Waals surface area (Å²) in [5, 5.41) is 0. The molecule has 0 saturated carbocycles. The Bertz CT molecular complexity index is 302. The van der Waals surface area contributed by atoms with E-state index in [0.717, 1.165) is 5.75 Å². The largest absolute Gasteiger partial charge is 0.667 e. The van der Waals surface area contributed by atoms with E-state index in [1.165, 1.54) is 22.9 Å². The lowest BCUT2D eigenvalue weighted by atomic mass is 10.2. The van der Waals surface area contributed by atoms with Gasteiger partial charge in [0, 0.05) is 15.1 Å². The summed E-state index contributed by atoms with van der Waals surface area (Å²) in [6, 6.07) is 9.87. The van der Waals surface area contributed by atoms with Crippen LogP contribution in [0.5, 0.6) is 0 Å². The zero-order valence-electron chi connectivity index (χ0n) is 6.83. The molecule has 0 aliphatic rings. The van der Waals surface area contributed by atoms with Crippen LogP contribution < -0.4 is 0 Å². The molecule has 1 atom stereocenters.